The van der Waals surface area contributed by atoms with Crippen LogP contribution in [0.5, 0.6) is 0 Å². The lowest BCUT2D eigenvalue weighted by molar-refractivity contribution is 0.103. The Bertz CT molecular complexity index is 832. The number of benzene rings is 1. The van der Waals surface area contributed by atoms with E-state index in [0.717, 1.165) is 34.5 Å². The minimum Gasteiger partial charge on any atom is -0.441 e. The molecule has 0 saturated carbocycles. The maximum absolute atomic E-state index is 12.4. The van der Waals surface area contributed by atoms with Gasteiger partial charge in [-0.05, 0) is 43.2 Å². The fourth-order valence-electron chi connectivity index (χ4n) is 2.46. The molecule has 0 spiro atoms. The van der Waals surface area contributed by atoms with Crippen LogP contribution in [0.2, 0.25) is 0 Å². The number of carbonyl (C=O) groups is 1. The molecular weight excluding hydrogens is 296 g/mol. The van der Waals surface area contributed by atoms with E-state index in [1.165, 1.54) is 10.4 Å². The van der Waals surface area contributed by atoms with Crippen molar-refractivity contribution in [3.05, 3.63) is 45.5 Å². The Morgan fingerprint density at radius 2 is 2.14 bits per heavy atom. The van der Waals surface area contributed by atoms with Crippen LogP contribution >= 0.6 is 11.3 Å². The molecule has 0 atom stereocenters. The normalized spacial score (nSPS) is 11.0. The van der Waals surface area contributed by atoms with Gasteiger partial charge in [-0.3, -0.25) is 4.79 Å². The molecule has 3 aromatic rings. The number of aromatic nitrogens is 1. The highest BCUT2D eigenvalue weighted by Gasteiger charge is 2.13. The molecule has 0 aliphatic carbocycles. The molecule has 1 aromatic carbocycles. The Labute approximate surface area is 133 Å². The van der Waals surface area contributed by atoms with Gasteiger partial charge in [0.15, 0.2) is 11.5 Å². The molecule has 0 aliphatic heterocycles. The van der Waals surface area contributed by atoms with Crippen LogP contribution in [0, 0.1) is 13.8 Å². The van der Waals surface area contributed by atoms with Gasteiger partial charge in [0.05, 0.1) is 4.88 Å². The Hall–Kier alpha value is -2.14. The van der Waals surface area contributed by atoms with Crippen molar-refractivity contribution in [2.75, 3.05) is 5.32 Å². The Kier molecular flexibility index (Phi) is 3.98. The smallest absolute Gasteiger partial charge is 0.265 e. The predicted molar refractivity (Wildman–Crippen MR) is 89.8 cm³/mol. The second-order valence-electron chi connectivity index (χ2n) is 5.31. The van der Waals surface area contributed by atoms with Gasteiger partial charge in [0.2, 0.25) is 0 Å². The van der Waals surface area contributed by atoms with Crippen molar-refractivity contribution in [1.29, 1.82) is 0 Å². The maximum Gasteiger partial charge on any atom is 0.265 e. The second-order valence-corrected chi connectivity index (χ2v) is 6.57. The molecule has 0 saturated heterocycles. The zero-order chi connectivity index (χ0) is 15.7. The Morgan fingerprint density at radius 1 is 1.32 bits per heavy atom. The third-order valence-corrected chi connectivity index (χ3v) is 4.61. The molecular formula is C17H18N2O2S. The number of nitrogens with one attached hydrogen (secondary N) is 1. The highest BCUT2D eigenvalue weighted by Crippen LogP contribution is 2.25. The van der Waals surface area contributed by atoms with Gasteiger partial charge in [0.1, 0.15) is 5.52 Å². The van der Waals surface area contributed by atoms with Crippen molar-refractivity contribution >= 4 is 34.0 Å². The van der Waals surface area contributed by atoms with E-state index in [9.17, 15) is 4.79 Å². The monoisotopic (exact) mass is 314 g/mol. The quantitative estimate of drug-likeness (QED) is 0.758. The molecule has 4 nitrogen and oxygen atoms in total. The minimum atomic E-state index is -0.0741. The van der Waals surface area contributed by atoms with Crippen molar-refractivity contribution in [2.24, 2.45) is 0 Å². The van der Waals surface area contributed by atoms with E-state index in [2.05, 4.69) is 24.1 Å². The summed E-state index contributed by atoms with van der Waals surface area (Å²) in [6.45, 7) is 6.02. The van der Waals surface area contributed by atoms with Gasteiger partial charge in [0.25, 0.3) is 5.91 Å². The Balaban J connectivity index is 1.81. The third kappa shape index (κ3) is 2.90. The van der Waals surface area contributed by atoms with E-state index >= 15 is 0 Å². The first-order valence-corrected chi connectivity index (χ1v) is 8.16. The number of oxazole rings is 1. The van der Waals surface area contributed by atoms with Crippen molar-refractivity contribution in [3.8, 4) is 0 Å². The first-order chi connectivity index (χ1) is 10.6. The summed E-state index contributed by atoms with van der Waals surface area (Å²) >= 11 is 1.54. The van der Waals surface area contributed by atoms with Gasteiger partial charge in [0, 0.05) is 17.5 Å². The number of nitrogens with zero attached hydrogens (tertiary/aromatic N) is 1. The molecule has 0 aliphatic rings. The zero-order valence-electron chi connectivity index (χ0n) is 12.9. The van der Waals surface area contributed by atoms with E-state index in [0.29, 0.717) is 5.89 Å². The van der Waals surface area contributed by atoms with Crippen molar-refractivity contribution in [1.82, 2.24) is 4.98 Å². The average molecular weight is 314 g/mol. The summed E-state index contributed by atoms with van der Waals surface area (Å²) in [6.07, 6.45) is 2.10. The summed E-state index contributed by atoms with van der Waals surface area (Å²) in [6, 6.07) is 7.49. The standard InChI is InChI=1S/C17H18N2O2S/c1-4-5-12-8-16(22-10(12)2)17(20)19-13-6-7-15-14(9-13)18-11(3)21-15/h6-9H,4-5H2,1-3H3,(H,19,20). The fraction of sp³-hybridized carbons (Fsp3) is 0.294. The Morgan fingerprint density at radius 3 is 2.91 bits per heavy atom. The second kappa shape index (κ2) is 5.93. The van der Waals surface area contributed by atoms with E-state index in [4.69, 9.17) is 4.42 Å². The lowest BCUT2D eigenvalue weighted by Gasteiger charge is -2.02. The molecule has 5 heteroatoms. The van der Waals surface area contributed by atoms with Gasteiger partial charge in [-0.1, -0.05) is 13.3 Å². The summed E-state index contributed by atoms with van der Waals surface area (Å²) in [5.41, 5.74) is 3.48. The van der Waals surface area contributed by atoms with Crippen LogP contribution in [0.25, 0.3) is 11.1 Å². The number of aryl methyl sites for hydroxylation is 3. The van der Waals surface area contributed by atoms with Crippen molar-refractivity contribution in [2.45, 2.75) is 33.6 Å². The molecule has 3 rings (SSSR count). The van der Waals surface area contributed by atoms with Gasteiger partial charge in [-0.25, -0.2) is 4.98 Å². The number of carbonyl (C=O) groups excluding carboxylic acids is 1. The SMILES string of the molecule is CCCc1cc(C(=O)Nc2ccc3oc(C)nc3c2)sc1C. The molecule has 22 heavy (non-hydrogen) atoms. The average Bonchev–Trinajstić information content (AvgIpc) is 3.01. The highest BCUT2D eigenvalue weighted by molar-refractivity contribution is 7.14. The van der Waals surface area contributed by atoms with Crippen LogP contribution in [-0.2, 0) is 6.42 Å². The molecule has 0 bridgehead atoms. The number of amides is 1. The molecule has 2 heterocycles. The van der Waals surface area contributed by atoms with Crippen LogP contribution in [0.4, 0.5) is 5.69 Å². The van der Waals surface area contributed by atoms with E-state index in [1.54, 1.807) is 11.3 Å². The topological polar surface area (TPSA) is 55.1 Å². The van der Waals surface area contributed by atoms with Crippen LogP contribution in [0.1, 0.15) is 39.3 Å². The molecule has 2 aromatic heterocycles. The van der Waals surface area contributed by atoms with Gasteiger partial charge in [-0.15, -0.1) is 11.3 Å². The van der Waals surface area contributed by atoms with Crippen LogP contribution in [0.3, 0.4) is 0 Å². The van der Waals surface area contributed by atoms with Gasteiger partial charge in [-0.2, -0.15) is 0 Å². The number of thiophene rings is 1. The number of hydrogen-bond acceptors (Lipinski definition) is 4. The van der Waals surface area contributed by atoms with Crippen LogP contribution in [0.15, 0.2) is 28.7 Å². The van der Waals surface area contributed by atoms with Crippen molar-refractivity contribution in [3.63, 3.8) is 0 Å². The van der Waals surface area contributed by atoms with Crippen molar-refractivity contribution < 1.29 is 9.21 Å². The summed E-state index contributed by atoms with van der Waals surface area (Å²) < 4.78 is 5.44. The molecule has 1 N–H and O–H groups in total. The third-order valence-electron chi connectivity index (χ3n) is 3.52. The number of anilines is 1. The maximum atomic E-state index is 12.4. The zero-order valence-corrected chi connectivity index (χ0v) is 13.7. The fourth-order valence-corrected chi connectivity index (χ4v) is 3.43. The summed E-state index contributed by atoms with van der Waals surface area (Å²) in [7, 11) is 0. The van der Waals surface area contributed by atoms with Crippen LogP contribution < -0.4 is 5.32 Å². The molecule has 0 fully saturated rings. The lowest BCUT2D eigenvalue weighted by atomic mass is 10.1. The van der Waals surface area contributed by atoms with Gasteiger partial charge < -0.3 is 9.73 Å². The first kappa shape index (κ1) is 14.8. The van der Waals surface area contributed by atoms with Gasteiger partial charge >= 0.3 is 0 Å². The predicted octanol–water partition coefficient (Wildman–Crippen LogP) is 4.71. The summed E-state index contributed by atoms with van der Waals surface area (Å²) in [5, 5.41) is 2.93. The molecule has 0 unspecified atom stereocenters. The largest absolute Gasteiger partial charge is 0.441 e. The number of hydrogen-bond donors (Lipinski definition) is 1. The molecule has 1 amide bonds. The minimum absolute atomic E-state index is 0.0741. The van der Waals surface area contributed by atoms with E-state index < -0.39 is 0 Å². The van der Waals surface area contributed by atoms with Crippen LogP contribution in [-0.4, -0.2) is 10.9 Å². The number of fused-ring (bicyclic) bond motifs is 1. The highest BCUT2D eigenvalue weighted by atomic mass is 32.1. The summed E-state index contributed by atoms with van der Waals surface area (Å²) in [4.78, 5) is 18.6. The molecule has 0 radical (unpaired) electrons. The first-order valence-electron chi connectivity index (χ1n) is 7.34. The van der Waals surface area contributed by atoms with E-state index in [1.807, 2.05) is 31.2 Å². The van der Waals surface area contributed by atoms with E-state index in [-0.39, 0.29) is 5.91 Å². The summed E-state index contributed by atoms with van der Waals surface area (Å²) in [5.74, 6) is 0.548. The number of rotatable bonds is 4. The molecule has 114 valence electrons. The lowest BCUT2D eigenvalue weighted by Crippen LogP contribution is -2.09.